The standard InChI is InChI=1S/C71H56N2/c1-69(2)58-41-56-60(70(3,4)62-43-65(50-34-19-21-36-52(50)67(56)62)72(46-27-13-8-14-28-46)47-29-15-9-16-30-47)39-54(58)55-40-61-57(42-59(55)69)68-53-37-22-20-35-51(53)66(44-63(68)71(61,5)6)73(48-31-17-10-18-32-48)64-38-24-23-33-49(64)45-25-11-7-12-26-45/h7-44H,1-6H3. The summed E-state index contributed by atoms with van der Waals surface area (Å²) in [6.07, 6.45) is 0. The lowest BCUT2D eigenvalue weighted by Gasteiger charge is -2.31. The molecule has 0 bridgehead atoms. The molecule has 11 aromatic carbocycles. The van der Waals surface area contributed by atoms with Crippen LogP contribution >= 0.6 is 0 Å². The Labute approximate surface area is 429 Å². The molecule has 2 heteroatoms. The Hall–Kier alpha value is -8.46. The van der Waals surface area contributed by atoms with Gasteiger partial charge < -0.3 is 9.80 Å². The van der Waals surface area contributed by atoms with Crippen LogP contribution in [0.5, 0.6) is 0 Å². The molecule has 2 nitrogen and oxygen atoms in total. The van der Waals surface area contributed by atoms with Crippen LogP contribution in [-0.2, 0) is 16.2 Å². The average molecular weight is 937 g/mol. The Morgan fingerprint density at radius 3 is 1.04 bits per heavy atom. The highest BCUT2D eigenvalue weighted by Crippen LogP contribution is 2.62. The lowest BCUT2D eigenvalue weighted by molar-refractivity contribution is 0.649. The second-order valence-electron chi connectivity index (χ2n) is 22.1. The highest BCUT2D eigenvalue weighted by atomic mass is 15.2. The monoisotopic (exact) mass is 936 g/mol. The first-order chi connectivity index (χ1) is 35.5. The predicted molar refractivity (Wildman–Crippen MR) is 309 cm³/mol. The minimum absolute atomic E-state index is 0.233. The molecule has 0 amide bonds. The second kappa shape index (κ2) is 15.8. The molecule has 73 heavy (non-hydrogen) atoms. The van der Waals surface area contributed by atoms with E-state index in [1.807, 2.05) is 0 Å². The molecule has 14 rings (SSSR count). The molecule has 0 unspecified atom stereocenters. The lowest BCUT2D eigenvalue weighted by atomic mass is 9.78. The number of para-hydroxylation sites is 4. The van der Waals surface area contributed by atoms with Gasteiger partial charge in [-0.2, -0.15) is 0 Å². The Morgan fingerprint density at radius 1 is 0.247 bits per heavy atom. The van der Waals surface area contributed by atoms with Crippen LogP contribution in [0.1, 0.15) is 74.9 Å². The molecule has 350 valence electrons. The summed E-state index contributed by atoms with van der Waals surface area (Å²) in [6, 6.07) is 85.9. The van der Waals surface area contributed by atoms with Crippen molar-refractivity contribution >= 4 is 55.7 Å². The van der Waals surface area contributed by atoms with E-state index in [4.69, 9.17) is 0 Å². The van der Waals surface area contributed by atoms with Gasteiger partial charge in [-0.15, -0.1) is 0 Å². The Kier molecular flexibility index (Phi) is 9.36. The van der Waals surface area contributed by atoms with E-state index in [0.29, 0.717) is 0 Å². The smallest absolute Gasteiger partial charge is 0.0543 e. The van der Waals surface area contributed by atoms with Crippen LogP contribution in [0.3, 0.4) is 0 Å². The van der Waals surface area contributed by atoms with Crippen molar-refractivity contribution in [1.29, 1.82) is 0 Å². The number of anilines is 6. The molecule has 0 atom stereocenters. The van der Waals surface area contributed by atoms with Crippen LogP contribution in [0.2, 0.25) is 0 Å². The highest BCUT2D eigenvalue weighted by molar-refractivity contribution is 6.13. The van der Waals surface area contributed by atoms with E-state index in [-0.39, 0.29) is 16.2 Å². The van der Waals surface area contributed by atoms with Crippen molar-refractivity contribution in [3.63, 3.8) is 0 Å². The summed E-state index contributed by atoms with van der Waals surface area (Å²) in [5, 5.41) is 5.07. The zero-order valence-corrected chi connectivity index (χ0v) is 42.3. The molecule has 0 radical (unpaired) electrons. The normalized spacial score (nSPS) is 14.8. The summed E-state index contributed by atoms with van der Waals surface area (Å²) < 4.78 is 0. The van der Waals surface area contributed by atoms with Crippen LogP contribution in [0.15, 0.2) is 231 Å². The molecule has 0 fully saturated rings. The van der Waals surface area contributed by atoms with E-state index in [1.165, 1.54) is 111 Å². The molecular formula is C71H56N2. The third-order valence-corrected chi connectivity index (χ3v) is 17.0. The maximum Gasteiger partial charge on any atom is 0.0543 e. The van der Waals surface area contributed by atoms with E-state index in [1.54, 1.807) is 0 Å². The van der Waals surface area contributed by atoms with Crippen LogP contribution in [0, 0.1) is 0 Å². The summed E-state index contributed by atoms with van der Waals surface area (Å²) in [4.78, 5) is 4.94. The summed E-state index contributed by atoms with van der Waals surface area (Å²) in [5.41, 5.74) is 25.1. The number of fused-ring (bicyclic) bond motifs is 13. The third kappa shape index (κ3) is 6.23. The molecule has 3 aliphatic rings. The van der Waals surface area contributed by atoms with Gasteiger partial charge in [0.25, 0.3) is 0 Å². The van der Waals surface area contributed by atoms with Gasteiger partial charge in [-0.05, 0) is 162 Å². The zero-order valence-electron chi connectivity index (χ0n) is 42.3. The molecule has 0 saturated heterocycles. The first kappa shape index (κ1) is 43.3. The van der Waals surface area contributed by atoms with Crippen LogP contribution < -0.4 is 9.80 Å². The van der Waals surface area contributed by atoms with Crippen molar-refractivity contribution in [3.8, 4) is 44.5 Å². The molecule has 0 heterocycles. The first-order valence-electron chi connectivity index (χ1n) is 25.9. The Bertz CT molecular complexity index is 4000. The molecule has 0 saturated carbocycles. The van der Waals surface area contributed by atoms with Gasteiger partial charge in [0.05, 0.1) is 17.1 Å². The topological polar surface area (TPSA) is 6.48 Å². The molecule has 0 N–H and O–H groups in total. The summed E-state index contributed by atoms with van der Waals surface area (Å²) in [5.74, 6) is 0. The molecule has 11 aromatic rings. The van der Waals surface area contributed by atoms with Gasteiger partial charge in [-0.3, -0.25) is 0 Å². The van der Waals surface area contributed by atoms with E-state index in [9.17, 15) is 0 Å². The minimum atomic E-state index is -0.280. The molecule has 0 spiro atoms. The van der Waals surface area contributed by atoms with Gasteiger partial charge >= 0.3 is 0 Å². The largest absolute Gasteiger partial charge is 0.310 e. The van der Waals surface area contributed by atoms with E-state index in [2.05, 4.69) is 282 Å². The molecule has 0 aromatic heterocycles. The van der Waals surface area contributed by atoms with E-state index < -0.39 is 0 Å². The van der Waals surface area contributed by atoms with Crippen molar-refractivity contribution in [2.75, 3.05) is 9.80 Å². The predicted octanol–water partition coefficient (Wildman–Crippen LogP) is 19.5. The maximum atomic E-state index is 2.60. The van der Waals surface area contributed by atoms with Gasteiger partial charge in [0.1, 0.15) is 0 Å². The first-order valence-corrected chi connectivity index (χ1v) is 25.9. The van der Waals surface area contributed by atoms with Crippen LogP contribution in [0.25, 0.3) is 66.1 Å². The van der Waals surface area contributed by atoms with Gasteiger partial charge in [0.15, 0.2) is 0 Å². The van der Waals surface area contributed by atoms with Gasteiger partial charge in [-0.25, -0.2) is 0 Å². The number of benzene rings is 11. The van der Waals surface area contributed by atoms with Gasteiger partial charge in [0.2, 0.25) is 0 Å². The summed E-state index contributed by atoms with van der Waals surface area (Å²) >= 11 is 0. The zero-order chi connectivity index (χ0) is 49.4. The number of rotatable bonds is 7. The fourth-order valence-electron chi connectivity index (χ4n) is 13.3. The quantitative estimate of drug-likeness (QED) is 0.157. The fourth-order valence-corrected chi connectivity index (χ4v) is 13.3. The van der Waals surface area contributed by atoms with Crippen molar-refractivity contribution in [2.45, 2.75) is 57.8 Å². The maximum absolute atomic E-state index is 2.60. The lowest BCUT2D eigenvalue weighted by Crippen LogP contribution is -2.18. The number of hydrogen-bond acceptors (Lipinski definition) is 2. The van der Waals surface area contributed by atoms with Crippen LogP contribution in [-0.4, -0.2) is 0 Å². The third-order valence-electron chi connectivity index (χ3n) is 17.0. The fraction of sp³-hybridized carbons (Fsp3) is 0.127. The van der Waals surface area contributed by atoms with Crippen molar-refractivity contribution in [2.24, 2.45) is 0 Å². The molecule has 0 aliphatic heterocycles. The van der Waals surface area contributed by atoms with Crippen molar-refractivity contribution < 1.29 is 0 Å². The minimum Gasteiger partial charge on any atom is -0.310 e. The second-order valence-corrected chi connectivity index (χ2v) is 22.1. The van der Waals surface area contributed by atoms with Gasteiger partial charge in [-0.1, -0.05) is 193 Å². The van der Waals surface area contributed by atoms with E-state index >= 15 is 0 Å². The van der Waals surface area contributed by atoms with Crippen LogP contribution in [0.4, 0.5) is 34.1 Å². The Balaban J connectivity index is 0.942. The number of nitrogens with zero attached hydrogens (tertiary/aromatic N) is 2. The number of hydrogen-bond donors (Lipinski definition) is 0. The van der Waals surface area contributed by atoms with Crippen molar-refractivity contribution in [3.05, 3.63) is 264 Å². The SMILES string of the molecule is CC1(C)c2cc3c(cc2-c2cc4c(cc21)-c1c(cc(N(c2ccccc2)c2ccccc2-c2ccccc2)c2ccccc12)C4(C)C)C(C)(C)c1cc(N(c2ccccc2)c2ccccc2)c2ccccc2c1-3. The Morgan fingerprint density at radius 2 is 0.575 bits per heavy atom. The average Bonchev–Trinajstić information content (AvgIpc) is 3.91. The molecule has 3 aliphatic carbocycles. The summed E-state index contributed by atoms with van der Waals surface area (Å²) in [6.45, 7) is 14.7. The van der Waals surface area contributed by atoms with E-state index in [0.717, 1.165) is 22.7 Å². The summed E-state index contributed by atoms with van der Waals surface area (Å²) in [7, 11) is 0. The van der Waals surface area contributed by atoms with Gasteiger partial charge in [0, 0.05) is 49.6 Å². The molecular weight excluding hydrogens is 881 g/mol. The van der Waals surface area contributed by atoms with Crippen molar-refractivity contribution in [1.82, 2.24) is 0 Å². The highest BCUT2D eigenvalue weighted by Gasteiger charge is 2.46.